The van der Waals surface area contributed by atoms with Crippen molar-refractivity contribution in [3.8, 4) is 12.3 Å². The number of thiophene rings is 1. The molecule has 0 radical (unpaired) electrons. The normalized spacial score (nSPS) is 9.10. The first-order valence-corrected chi connectivity index (χ1v) is 4.03. The molecule has 0 bridgehead atoms. The van der Waals surface area contributed by atoms with Gasteiger partial charge < -0.3 is 5.32 Å². The second kappa shape index (κ2) is 4.10. The van der Waals surface area contributed by atoms with Crippen molar-refractivity contribution in [2.75, 3.05) is 6.54 Å². The molecule has 0 saturated heterocycles. The van der Waals surface area contributed by atoms with Gasteiger partial charge in [-0.3, -0.25) is 0 Å². The third-order valence-electron chi connectivity index (χ3n) is 1.14. The molecule has 0 unspecified atom stereocenters. The Kier molecular flexibility index (Phi) is 3.01. The maximum Gasteiger partial charge on any atom is 0.0576 e. The predicted molar refractivity (Wildman–Crippen MR) is 44.9 cm³/mol. The molecule has 1 nitrogen and oxygen atoms in total. The van der Waals surface area contributed by atoms with Crippen LogP contribution in [0.5, 0.6) is 0 Å². The first-order valence-electron chi connectivity index (χ1n) is 3.08. The van der Waals surface area contributed by atoms with Gasteiger partial charge in [-0.1, -0.05) is 5.92 Å². The Labute approximate surface area is 65.1 Å². The van der Waals surface area contributed by atoms with Crippen LogP contribution in [0.1, 0.15) is 5.56 Å². The number of rotatable bonds is 3. The van der Waals surface area contributed by atoms with E-state index in [1.165, 1.54) is 5.56 Å². The first kappa shape index (κ1) is 7.33. The zero-order valence-corrected chi connectivity index (χ0v) is 6.45. The molecule has 0 spiro atoms. The van der Waals surface area contributed by atoms with Gasteiger partial charge in [0.05, 0.1) is 6.54 Å². The molecule has 0 amide bonds. The second-order valence-corrected chi connectivity index (χ2v) is 2.72. The van der Waals surface area contributed by atoms with Gasteiger partial charge in [-0.15, -0.1) is 6.42 Å². The average Bonchev–Trinajstić information content (AvgIpc) is 2.41. The lowest BCUT2D eigenvalue weighted by atomic mass is 10.3. The van der Waals surface area contributed by atoms with Gasteiger partial charge in [-0.05, 0) is 22.4 Å². The van der Waals surface area contributed by atoms with Crippen LogP contribution in [0.3, 0.4) is 0 Å². The SMILES string of the molecule is C#CCNCc1ccsc1. The standard InChI is InChI=1S/C8H9NS/c1-2-4-9-6-8-3-5-10-7-8/h1,3,5,7,9H,4,6H2. The fourth-order valence-corrected chi connectivity index (χ4v) is 1.34. The summed E-state index contributed by atoms with van der Waals surface area (Å²) in [5.74, 6) is 2.52. The molecule has 1 aromatic rings. The molecule has 10 heavy (non-hydrogen) atoms. The quantitative estimate of drug-likeness (QED) is 0.509. The van der Waals surface area contributed by atoms with Gasteiger partial charge in [0, 0.05) is 6.54 Å². The fraction of sp³-hybridized carbons (Fsp3) is 0.250. The summed E-state index contributed by atoms with van der Waals surface area (Å²) in [6.45, 7) is 1.53. The first-order chi connectivity index (χ1) is 4.93. The highest BCUT2D eigenvalue weighted by Crippen LogP contribution is 2.04. The number of hydrogen-bond acceptors (Lipinski definition) is 2. The number of nitrogens with one attached hydrogen (secondary N) is 1. The Morgan fingerprint density at radius 3 is 3.20 bits per heavy atom. The summed E-state index contributed by atoms with van der Waals surface area (Å²) in [7, 11) is 0. The second-order valence-electron chi connectivity index (χ2n) is 1.94. The van der Waals surface area contributed by atoms with Crippen LogP contribution >= 0.6 is 11.3 Å². The molecule has 0 aromatic carbocycles. The van der Waals surface area contributed by atoms with Crippen LogP contribution in [-0.4, -0.2) is 6.54 Å². The third kappa shape index (κ3) is 2.22. The molecule has 0 atom stereocenters. The minimum Gasteiger partial charge on any atom is -0.302 e. The predicted octanol–water partition coefficient (Wildman–Crippen LogP) is 1.47. The molecule has 52 valence electrons. The molecule has 1 aromatic heterocycles. The van der Waals surface area contributed by atoms with Gasteiger partial charge in [-0.2, -0.15) is 11.3 Å². The van der Waals surface area contributed by atoms with Crippen molar-refractivity contribution in [2.24, 2.45) is 0 Å². The zero-order valence-electron chi connectivity index (χ0n) is 5.63. The maximum atomic E-state index is 5.06. The fourth-order valence-electron chi connectivity index (χ4n) is 0.672. The van der Waals surface area contributed by atoms with E-state index in [0.29, 0.717) is 6.54 Å². The molecular weight excluding hydrogens is 142 g/mol. The van der Waals surface area contributed by atoms with E-state index in [-0.39, 0.29) is 0 Å². The Hall–Kier alpha value is -0.780. The molecule has 0 fully saturated rings. The number of terminal acetylenes is 1. The monoisotopic (exact) mass is 151 g/mol. The van der Waals surface area contributed by atoms with Crippen molar-refractivity contribution >= 4 is 11.3 Å². The van der Waals surface area contributed by atoms with Gasteiger partial charge in [0.25, 0.3) is 0 Å². The highest BCUT2D eigenvalue weighted by Gasteiger charge is 1.88. The molecule has 2 heteroatoms. The topological polar surface area (TPSA) is 12.0 Å². The lowest BCUT2D eigenvalue weighted by molar-refractivity contribution is 0.773. The van der Waals surface area contributed by atoms with Crippen LogP contribution < -0.4 is 5.32 Å². The van der Waals surface area contributed by atoms with Gasteiger partial charge in [0.2, 0.25) is 0 Å². The summed E-state index contributed by atoms with van der Waals surface area (Å²) in [6, 6.07) is 2.09. The van der Waals surface area contributed by atoms with Gasteiger partial charge in [0.1, 0.15) is 0 Å². The Bertz CT molecular complexity index is 208. The average molecular weight is 151 g/mol. The van der Waals surface area contributed by atoms with E-state index in [2.05, 4.69) is 28.1 Å². The van der Waals surface area contributed by atoms with Crippen LogP contribution in [0.4, 0.5) is 0 Å². The largest absolute Gasteiger partial charge is 0.302 e. The smallest absolute Gasteiger partial charge is 0.0576 e. The van der Waals surface area contributed by atoms with Crippen molar-refractivity contribution in [2.45, 2.75) is 6.54 Å². The summed E-state index contributed by atoms with van der Waals surface area (Å²) >= 11 is 1.71. The van der Waals surface area contributed by atoms with Crippen LogP contribution in [0.15, 0.2) is 16.8 Å². The van der Waals surface area contributed by atoms with E-state index in [0.717, 1.165) is 6.54 Å². The van der Waals surface area contributed by atoms with Crippen LogP contribution in [0.2, 0.25) is 0 Å². The summed E-state index contributed by atoms with van der Waals surface area (Å²) in [5.41, 5.74) is 1.31. The zero-order chi connectivity index (χ0) is 7.23. The van der Waals surface area contributed by atoms with Crippen LogP contribution in [-0.2, 0) is 6.54 Å². The maximum absolute atomic E-state index is 5.06. The minimum absolute atomic E-state index is 0.649. The molecule has 0 aliphatic heterocycles. The molecule has 0 saturated carbocycles. The summed E-state index contributed by atoms with van der Waals surface area (Å²) < 4.78 is 0. The van der Waals surface area contributed by atoms with E-state index in [4.69, 9.17) is 6.42 Å². The van der Waals surface area contributed by atoms with Gasteiger partial charge >= 0.3 is 0 Å². The molecular formula is C8H9NS. The van der Waals surface area contributed by atoms with Gasteiger partial charge in [-0.25, -0.2) is 0 Å². The molecule has 1 N–H and O–H groups in total. The molecule has 0 aliphatic rings. The van der Waals surface area contributed by atoms with Crippen LogP contribution in [0.25, 0.3) is 0 Å². The summed E-state index contributed by atoms with van der Waals surface area (Å²) in [6.07, 6.45) is 5.06. The number of hydrogen-bond donors (Lipinski definition) is 1. The van der Waals surface area contributed by atoms with E-state index in [1.54, 1.807) is 11.3 Å². The van der Waals surface area contributed by atoms with E-state index in [9.17, 15) is 0 Å². The van der Waals surface area contributed by atoms with Gasteiger partial charge in [0.15, 0.2) is 0 Å². The van der Waals surface area contributed by atoms with Crippen molar-refractivity contribution in [3.05, 3.63) is 22.4 Å². The van der Waals surface area contributed by atoms with Crippen molar-refractivity contribution in [3.63, 3.8) is 0 Å². The summed E-state index contributed by atoms with van der Waals surface area (Å²) in [4.78, 5) is 0. The van der Waals surface area contributed by atoms with Crippen molar-refractivity contribution in [1.29, 1.82) is 0 Å². The minimum atomic E-state index is 0.649. The van der Waals surface area contributed by atoms with E-state index >= 15 is 0 Å². The lowest BCUT2D eigenvalue weighted by Gasteiger charge is -1.94. The van der Waals surface area contributed by atoms with Crippen molar-refractivity contribution < 1.29 is 0 Å². The Morgan fingerprint density at radius 2 is 2.60 bits per heavy atom. The van der Waals surface area contributed by atoms with Crippen molar-refractivity contribution in [1.82, 2.24) is 5.32 Å². The molecule has 1 rings (SSSR count). The highest BCUT2D eigenvalue weighted by molar-refractivity contribution is 7.07. The Morgan fingerprint density at radius 1 is 1.70 bits per heavy atom. The lowest BCUT2D eigenvalue weighted by Crippen LogP contribution is -2.12. The third-order valence-corrected chi connectivity index (χ3v) is 1.87. The van der Waals surface area contributed by atoms with E-state index in [1.807, 2.05) is 0 Å². The molecule has 0 aliphatic carbocycles. The van der Waals surface area contributed by atoms with Crippen LogP contribution in [0, 0.1) is 12.3 Å². The Balaban J connectivity index is 2.23. The summed E-state index contributed by atoms with van der Waals surface area (Å²) in [5, 5.41) is 7.28. The van der Waals surface area contributed by atoms with E-state index < -0.39 is 0 Å². The highest BCUT2D eigenvalue weighted by atomic mass is 32.1. The molecule has 1 heterocycles.